The van der Waals surface area contributed by atoms with Crippen LogP contribution in [0.1, 0.15) is 36.5 Å². The van der Waals surface area contributed by atoms with E-state index >= 15 is 0 Å². The first kappa shape index (κ1) is 15.1. The molecule has 0 aliphatic heterocycles. The first-order valence-electron chi connectivity index (χ1n) is 7.12. The van der Waals surface area contributed by atoms with Crippen LogP contribution in [0, 0.1) is 13.8 Å². The number of benzene rings is 2. The highest BCUT2D eigenvalue weighted by atomic mass is 16.6. The summed E-state index contributed by atoms with van der Waals surface area (Å²) in [5.41, 5.74) is 3.97. The number of rotatable bonds is 3. The maximum Gasteiger partial charge on any atom is 0.417 e. The first-order chi connectivity index (χ1) is 9.95. The van der Waals surface area contributed by atoms with Crippen molar-refractivity contribution in [3.63, 3.8) is 0 Å². The fourth-order valence-corrected chi connectivity index (χ4v) is 1.97. The van der Waals surface area contributed by atoms with Crippen molar-refractivity contribution in [1.82, 2.24) is 0 Å². The Hall–Kier alpha value is -2.29. The lowest BCUT2D eigenvalue weighted by Gasteiger charge is -2.12. The van der Waals surface area contributed by atoms with E-state index in [9.17, 15) is 4.79 Å². The Morgan fingerprint density at radius 1 is 1.05 bits per heavy atom. The second-order valence-electron chi connectivity index (χ2n) is 5.56. The molecule has 21 heavy (non-hydrogen) atoms. The Labute approximate surface area is 126 Å². The molecule has 0 aliphatic carbocycles. The lowest BCUT2D eigenvalue weighted by molar-refractivity contribution is 0.215. The standard InChI is InChI=1S/C18H21NO2/c1-12(2)15-8-7-14(4)17(11-15)21-18(20)19-16-9-5-13(3)6-10-16/h5-12H,1-4H3,(H,19,20). The highest BCUT2D eigenvalue weighted by Crippen LogP contribution is 2.24. The second-order valence-corrected chi connectivity index (χ2v) is 5.56. The summed E-state index contributed by atoms with van der Waals surface area (Å²) in [6, 6.07) is 13.6. The van der Waals surface area contributed by atoms with Gasteiger partial charge in [-0.15, -0.1) is 0 Å². The van der Waals surface area contributed by atoms with Crippen LogP contribution in [0.5, 0.6) is 5.75 Å². The summed E-state index contributed by atoms with van der Waals surface area (Å²) in [5.74, 6) is 0.999. The monoisotopic (exact) mass is 283 g/mol. The van der Waals surface area contributed by atoms with E-state index in [0.29, 0.717) is 11.7 Å². The Balaban J connectivity index is 2.08. The van der Waals surface area contributed by atoms with Gasteiger partial charge >= 0.3 is 6.09 Å². The number of hydrogen-bond acceptors (Lipinski definition) is 2. The molecule has 110 valence electrons. The predicted molar refractivity (Wildman–Crippen MR) is 86.1 cm³/mol. The number of ether oxygens (including phenoxy) is 1. The molecule has 1 N–H and O–H groups in total. The molecular weight excluding hydrogens is 262 g/mol. The molecule has 0 saturated carbocycles. The third kappa shape index (κ3) is 4.09. The van der Waals surface area contributed by atoms with E-state index in [4.69, 9.17) is 4.74 Å². The summed E-state index contributed by atoms with van der Waals surface area (Å²) in [7, 11) is 0. The quantitative estimate of drug-likeness (QED) is 0.857. The van der Waals surface area contributed by atoms with Crippen LogP contribution in [0.25, 0.3) is 0 Å². The number of hydrogen-bond donors (Lipinski definition) is 1. The molecule has 0 fully saturated rings. The van der Waals surface area contributed by atoms with Crippen LogP contribution in [0.2, 0.25) is 0 Å². The minimum absolute atomic E-state index is 0.396. The number of amides is 1. The van der Waals surface area contributed by atoms with E-state index in [1.54, 1.807) is 0 Å². The maximum atomic E-state index is 12.0. The van der Waals surface area contributed by atoms with Gasteiger partial charge in [-0.25, -0.2) is 4.79 Å². The number of nitrogens with one attached hydrogen (secondary N) is 1. The molecular formula is C18H21NO2. The van der Waals surface area contributed by atoms with Crippen molar-refractivity contribution in [3.05, 3.63) is 59.2 Å². The number of aryl methyl sites for hydroxylation is 2. The summed E-state index contributed by atoms with van der Waals surface area (Å²) in [6.07, 6.45) is -0.470. The van der Waals surface area contributed by atoms with Crippen molar-refractivity contribution in [2.24, 2.45) is 0 Å². The number of anilines is 1. The van der Waals surface area contributed by atoms with Crippen molar-refractivity contribution in [3.8, 4) is 5.75 Å². The van der Waals surface area contributed by atoms with Crippen LogP contribution in [0.3, 0.4) is 0 Å². The molecule has 3 heteroatoms. The first-order valence-corrected chi connectivity index (χ1v) is 7.12. The minimum Gasteiger partial charge on any atom is -0.410 e. The molecule has 3 nitrogen and oxygen atoms in total. The fourth-order valence-electron chi connectivity index (χ4n) is 1.97. The van der Waals surface area contributed by atoms with Gasteiger partial charge in [-0.05, 0) is 49.1 Å². The van der Waals surface area contributed by atoms with Gasteiger partial charge in [-0.3, -0.25) is 5.32 Å². The molecule has 0 aromatic heterocycles. The molecule has 0 saturated heterocycles. The van der Waals surface area contributed by atoms with E-state index in [1.807, 2.05) is 50.2 Å². The maximum absolute atomic E-state index is 12.0. The summed E-state index contributed by atoms with van der Waals surface area (Å²) in [4.78, 5) is 12.0. The third-order valence-electron chi connectivity index (χ3n) is 3.38. The molecule has 0 heterocycles. The van der Waals surface area contributed by atoms with E-state index in [-0.39, 0.29) is 0 Å². The van der Waals surface area contributed by atoms with Gasteiger partial charge in [0.2, 0.25) is 0 Å². The normalized spacial score (nSPS) is 10.5. The average Bonchev–Trinajstić information content (AvgIpc) is 2.43. The van der Waals surface area contributed by atoms with Crippen LogP contribution >= 0.6 is 0 Å². The van der Waals surface area contributed by atoms with Gasteiger partial charge in [0.1, 0.15) is 5.75 Å². The highest BCUT2D eigenvalue weighted by Gasteiger charge is 2.09. The van der Waals surface area contributed by atoms with Gasteiger partial charge in [-0.2, -0.15) is 0 Å². The minimum atomic E-state index is -0.470. The molecule has 0 radical (unpaired) electrons. The Kier molecular flexibility index (Phi) is 4.63. The SMILES string of the molecule is Cc1ccc(NC(=O)Oc2cc(C(C)C)ccc2C)cc1. The average molecular weight is 283 g/mol. The third-order valence-corrected chi connectivity index (χ3v) is 3.38. The van der Waals surface area contributed by atoms with Gasteiger partial charge in [0.15, 0.2) is 0 Å². The zero-order valence-electron chi connectivity index (χ0n) is 12.9. The van der Waals surface area contributed by atoms with E-state index < -0.39 is 6.09 Å². The Morgan fingerprint density at radius 3 is 2.33 bits per heavy atom. The smallest absolute Gasteiger partial charge is 0.410 e. The molecule has 0 aliphatic rings. The lowest BCUT2D eigenvalue weighted by Crippen LogP contribution is -2.17. The van der Waals surface area contributed by atoms with Gasteiger partial charge in [0.05, 0.1) is 0 Å². The highest BCUT2D eigenvalue weighted by molar-refractivity contribution is 5.86. The van der Waals surface area contributed by atoms with Gasteiger partial charge in [0, 0.05) is 5.69 Å². The van der Waals surface area contributed by atoms with Crippen LogP contribution in [0.15, 0.2) is 42.5 Å². The molecule has 0 unspecified atom stereocenters. The lowest BCUT2D eigenvalue weighted by atomic mass is 10.0. The molecule has 1 amide bonds. The molecule has 2 rings (SSSR count). The van der Waals surface area contributed by atoms with Crippen molar-refractivity contribution >= 4 is 11.8 Å². The molecule has 0 spiro atoms. The summed E-state index contributed by atoms with van der Waals surface area (Å²) < 4.78 is 5.42. The zero-order valence-corrected chi connectivity index (χ0v) is 12.9. The summed E-state index contributed by atoms with van der Waals surface area (Å²) >= 11 is 0. The summed E-state index contributed by atoms with van der Waals surface area (Å²) in [5, 5.41) is 2.73. The van der Waals surface area contributed by atoms with Crippen molar-refractivity contribution in [1.29, 1.82) is 0 Å². The van der Waals surface area contributed by atoms with Crippen LogP contribution < -0.4 is 10.1 Å². The molecule has 0 atom stereocenters. The number of carbonyl (C=O) groups is 1. The molecule has 0 bridgehead atoms. The van der Waals surface area contributed by atoms with Crippen LogP contribution in [-0.2, 0) is 0 Å². The van der Waals surface area contributed by atoms with Crippen LogP contribution in [-0.4, -0.2) is 6.09 Å². The Morgan fingerprint density at radius 2 is 1.71 bits per heavy atom. The van der Waals surface area contributed by atoms with Crippen LogP contribution in [0.4, 0.5) is 10.5 Å². The Bertz CT molecular complexity index is 630. The fraction of sp³-hybridized carbons (Fsp3) is 0.278. The van der Waals surface area contributed by atoms with Gasteiger partial charge in [0.25, 0.3) is 0 Å². The molecule has 2 aromatic rings. The largest absolute Gasteiger partial charge is 0.417 e. The molecule has 2 aromatic carbocycles. The van der Waals surface area contributed by atoms with Gasteiger partial charge in [-0.1, -0.05) is 43.7 Å². The van der Waals surface area contributed by atoms with Crippen molar-refractivity contribution in [2.45, 2.75) is 33.6 Å². The van der Waals surface area contributed by atoms with E-state index in [0.717, 1.165) is 22.4 Å². The number of carbonyl (C=O) groups excluding carboxylic acids is 1. The van der Waals surface area contributed by atoms with Crippen molar-refractivity contribution < 1.29 is 9.53 Å². The summed E-state index contributed by atoms with van der Waals surface area (Å²) in [6.45, 7) is 8.16. The van der Waals surface area contributed by atoms with E-state index in [1.165, 1.54) is 0 Å². The van der Waals surface area contributed by atoms with E-state index in [2.05, 4.69) is 25.2 Å². The van der Waals surface area contributed by atoms with Crippen molar-refractivity contribution in [2.75, 3.05) is 5.32 Å². The predicted octanol–water partition coefficient (Wildman–Crippen LogP) is 5.04. The topological polar surface area (TPSA) is 38.3 Å². The zero-order chi connectivity index (χ0) is 15.4. The second kappa shape index (κ2) is 6.44. The van der Waals surface area contributed by atoms with Gasteiger partial charge < -0.3 is 4.74 Å².